The molecule has 0 radical (unpaired) electrons. The summed E-state index contributed by atoms with van der Waals surface area (Å²) in [4.78, 5) is 16.8. The number of carbonyl (C=O) groups excluding carboxylic acids is 1. The zero-order valence-electron chi connectivity index (χ0n) is 14.2. The first-order valence-electron chi connectivity index (χ1n) is 8.07. The molecule has 0 spiro atoms. The molecule has 7 heteroatoms. The number of carbonyl (C=O) groups is 1. The molecule has 0 saturated carbocycles. The number of hydrogen-bond donors (Lipinski definition) is 2. The Hall–Kier alpha value is -1.92. The summed E-state index contributed by atoms with van der Waals surface area (Å²) < 4.78 is 1.80. The summed E-state index contributed by atoms with van der Waals surface area (Å²) >= 11 is 0. The molecular formula is C17H24ClN5O. The van der Waals surface area contributed by atoms with Gasteiger partial charge in [0.05, 0.1) is 17.6 Å². The van der Waals surface area contributed by atoms with Gasteiger partial charge >= 0.3 is 0 Å². The largest absolute Gasteiger partial charge is 0.324 e. The Bertz CT molecular complexity index is 698. The molecular weight excluding hydrogens is 326 g/mol. The molecule has 0 aromatic carbocycles. The predicted molar refractivity (Wildman–Crippen MR) is 96.9 cm³/mol. The number of piperidine rings is 1. The van der Waals surface area contributed by atoms with Crippen LogP contribution >= 0.6 is 12.4 Å². The van der Waals surface area contributed by atoms with Crippen molar-refractivity contribution in [3.8, 4) is 5.82 Å². The van der Waals surface area contributed by atoms with Crippen molar-refractivity contribution in [3.63, 3.8) is 0 Å². The van der Waals surface area contributed by atoms with Crippen LogP contribution in [-0.2, 0) is 4.79 Å². The standard InChI is InChI=1S/C17H23N5O.ClH/c1-11-9-14(6-7-18-11)17(23)20-15-4-5-16(19-10-15)22-13(3)8-12(2)21-22;/h4-5,8,10-11,14,18H,6-7,9H2,1-3H3,(H,20,23);1H/t11-,14-;/m0./s1. The van der Waals surface area contributed by atoms with Gasteiger partial charge in [-0.05, 0) is 58.4 Å². The summed E-state index contributed by atoms with van der Waals surface area (Å²) in [5.41, 5.74) is 2.73. The van der Waals surface area contributed by atoms with Gasteiger partial charge in [-0.1, -0.05) is 0 Å². The molecule has 2 atom stereocenters. The SMILES string of the molecule is Cc1cc(C)n(-c2ccc(NC(=O)[C@H]3CCN[C@@H](C)C3)cn2)n1.Cl. The predicted octanol–water partition coefficient (Wildman–Crippen LogP) is 2.63. The number of nitrogens with zero attached hydrogens (tertiary/aromatic N) is 3. The lowest BCUT2D eigenvalue weighted by molar-refractivity contribution is -0.120. The number of aryl methyl sites for hydroxylation is 2. The van der Waals surface area contributed by atoms with Crippen molar-refractivity contribution in [1.82, 2.24) is 20.1 Å². The minimum atomic E-state index is 0. The van der Waals surface area contributed by atoms with Crippen molar-refractivity contribution < 1.29 is 4.79 Å². The maximum Gasteiger partial charge on any atom is 0.227 e. The number of nitrogens with one attached hydrogen (secondary N) is 2. The third-order valence-electron chi connectivity index (χ3n) is 4.24. The first kappa shape index (κ1) is 18.4. The Labute approximate surface area is 148 Å². The van der Waals surface area contributed by atoms with Crippen molar-refractivity contribution in [2.24, 2.45) is 5.92 Å². The number of amides is 1. The van der Waals surface area contributed by atoms with E-state index in [0.717, 1.165) is 42.3 Å². The molecule has 1 saturated heterocycles. The van der Waals surface area contributed by atoms with E-state index >= 15 is 0 Å². The molecule has 3 rings (SSSR count). The van der Waals surface area contributed by atoms with E-state index in [0.29, 0.717) is 6.04 Å². The molecule has 1 aliphatic heterocycles. The fraction of sp³-hybridized carbons (Fsp3) is 0.471. The molecule has 0 bridgehead atoms. The van der Waals surface area contributed by atoms with E-state index in [-0.39, 0.29) is 24.2 Å². The number of rotatable bonds is 3. The number of aromatic nitrogens is 3. The summed E-state index contributed by atoms with van der Waals surface area (Å²) in [6, 6.07) is 6.16. The van der Waals surface area contributed by atoms with Gasteiger partial charge in [0.2, 0.25) is 5.91 Å². The zero-order valence-corrected chi connectivity index (χ0v) is 15.1. The molecule has 1 fully saturated rings. The van der Waals surface area contributed by atoms with E-state index < -0.39 is 0 Å². The van der Waals surface area contributed by atoms with Gasteiger partial charge in [0.15, 0.2) is 5.82 Å². The van der Waals surface area contributed by atoms with Crippen LogP contribution in [-0.4, -0.2) is 33.3 Å². The number of anilines is 1. The summed E-state index contributed by atoms with van der Waals surface area (Å²) in [7, 11) is 0. The summed E-state index contributed by atoms with van der Waals surface area (Å²) in [5, 5.41) is 10.7. The van der Waals surface area contributed by atoms with Crippen molar-refractivity contribution >= 4 is 24.0 Å². The highest BCUT2D eigenvalue weighted by molar-refractivity contribution is 5.92. The third-order valence-corrected chi connectivity index (χ3v) is 4.24. The van der Waals surface area contributed by atoms with Crippen LogP contribution in [0.2, 0.25) is 0 Å². The van der Waals surface area contributed by atoms with Gasteiger partial charge in [-0.2, -0.15) is 5.10 Å². The molecule has 0 aliphatic carbocycles. The molecule has 24 heavy (non-hydrogen) atoms. The number of halogens is 1. The minimum absolute atomic E-state index is 0. The molecule has 2 N–H and O–H groups in total. The van der Waals surface area contributed by atoms with Gasteiger partial charge < -0.3 is 10.6 Å². The molecule has 6 nitrogen and oxygen atoms in total. The Kier molecular flexibility index (Phi) is 5.96. The Morgan fingerprint density at radius 2 is 2.17 bits per heavy atom. The number of hydrogen-bond acceptors (Lipinski definition) is 4. The smallest absolute Gasteiger partial charge is 0.227 e. The van der Waals surface area contributed by atoms with Crippen LogP contribution in [0.25, 0.3) is 5.82 Å². The average Bonchev–Trinajstić information content (AvgIpc) is 2.86. The fourth-order valence-electron chi connectivity index (χ4n) is 3.06. The van der Waals surface area contributed by atoms with E-state index in [1.165, 1.54) is 0 Å². The Balaban J connectivity index is 0.00000208. The molecule has 130 valence electrons. The lowest BCUT2D eigenvalue weighted by Gasteiger charge is -2.27. The second kappa shape index (κ2) is 7.77. The molecule has 3 heterocycles. The van der Waals surface area contributed by atoms with Crippen molar-refractivity contribution in [3.05, 3.63) is 35.8 Å². The highest BCUT2D eigenvalue weighted by Crippen LogP contribution is 2.19. The quantitative estimate of drug-likeness (QED) is 0.893. The van der Waals surface area contributed by atoms with Crippen molar-refractivity contribution in [2.45, 2.75) is 39.7 Å². The van der Waals surface area contributed by atoms with Crippen LogP contribution in [0.15, 0.2) is 24.4 Å². The lowest BCUT2D eigenvalue weighted by Crippen LogP contribution is -2.40. The van der Waals surface area contributed by atoms with Crippen molar-refractivity contribution in [2.75, 3.05) is 11.9 Å². The molecule has 1 amide bonds. The first-order valence-corrected chi connectivity index (χ1v) is 8.07. The van der Waals surface area contributed by atoms with Gasteiger partial charge in [-0.15, -0.1) is 12.4 Å². The highest BCUT2D eigenvalue weighted by atomic mass is 35.5. The summed E-state index contributed by atoms with van der Waals surface area (Å²) in [6.07, 6.45) is 3.45. The Morgan fingerprint density at radius 1 is 1.38 bits per heavy atom. The van der Waals surface area contributed by atoms with E-state index in [2.05, 4.69) is 27.6 Å². The van der Waals surface area contributed by atoms with Crippen LogP contribution < -0.4 is 10.6 Å². The maximum atomic E-state index is 12.3. The Morgan fingerprint density at radius 3 is 2.75 bits per heavy atom. The zero-order chi connectivity index (χ0) is 16.4. The van der Waals surface area contributed by atoms with Gasteiger partial charge in [0.1, 0.15) is 0 Å². The minimum Gasteiger partial charge on any atom is -0.324 e. The summed E-state index contributed by atoms with van der Waals surface area (Å²) in [5.74, 6) is 0.907. The maximum absolute atomic E-state index is 12.3. The van der Waals surface area contributed by atoms with Crippen molar-refractivity contribution in [1.29, 1.82) is 0 Å². The summed E-state index contributed by atoms with van der Waals surface area (Å²) in [6.45, 7) is 6.96. The van der Waals surface area contributed by atoms with Crippen LogP contribution in [0.1, 0.15) is 31.2 Å². The third kappa shape index (κ3) is 4.13. The fourth-order valence-corrected chi connectivity index (χ4v) is 3.06. The van der Waals surface area contributed by atoms with Gasteiger partial charge in [0, 0.05) is 17.7 Å². The van der Waals surface area contributed by atoms with Crippen LogP contribution in [0.4, 0.5) is 5.69 Å². The molecule has 2 aromatic rings. The van der Waals surface area contributed by atoms with E-state index in [9.17, 15) is 4.79 Å². The first-order chi connectivity index (χ1) is 11.0. The average molecular weight is 350 g/mol. The molecule has 2 aromatic heterocycles. The van der Waals surface area contributed by atoms with Crippen LogP contribution in [0.3, 0.4) is 0 Å². The van der Waals surface area contributed by atoms with Crippen LogP contribution in [0, 0.1) is 19.8 Å². The molecule has 1 aliphatic rings. The monoisotopic (exact) mass is 349 g/mol. The van der Waals surface area contributed by atoms with Crippen LogP contribution in [0.5, 0.6) is 0 Å². The van der Waals surface area contributed by atoms with E-state index in [1.54, 1.807) is 10.9 Å². The van der Waals surface area contributed by atoms with Gasteiger partial charge in [0.25, 0.3) is 0 Å². The van der Waals surface area contributed by atoms with Gasteiger partial charge in [-0.25, -0.2) is 9.67 Å². The van der Waals surface area contributed by atoms with Gasteiger partial charge in [-0.3, -0.25) is 4.79 Å². The second-order valence-electron chi connectivity index (χ2n) is 6.31. The second-order valence-corrected chi connectivity index (χ2v) is 6.31. The number of pyridine rings is 1. The van der Waals surface area contributed by atoms with E-state index in [1.807, 2.05) is 32.0 Å². The highest BCUT2D eigenvalue weighted by Gasteiger charge is 2.24. The lowest BCUT2D eigenvalue weighted by atomic mass is 9.92. The normalized spacial score (nSPS) is 20.3. The van der Waals surface area contributed by atoms with E-state index in [4.69, 9.17) is 0 Å². The molecule has 0 unspecified atom stereocenters. The topological polar surface area (TPSA) is 71.8 Å².